The topological polar surface area (TPSA) is 20.3 Å². The van der Waals surface area contributed by atoms with E-state index in [0.29, 0.717) is 5.92 Å². The second-order valence-corrected chi connectivity index (χ2v) is 6.37. The van der Waals surface area contributed by atoms with E-state index in [1.54, 1.807) is 0 Å². The molecule has 0 aliphatic carbocycles. The van der Waals surface area contributed by atoms with Gasteiger partial charge in [0.15, 0.2) is 0 Å². The van der Waals surface area contributed by atoms with Crippen molar-refractivity contribution in [1.29, 1.82) is 0 Å². The molecule has 1 atom stereocenters. The fourth-order valence-electron chi connectivity index (χ4n) is 4.13. The Morgan fingerprint density at radius 2 is 1.48 bits per heavy atom. The van der Waals surface area contributed by atoms with Gasteiger partial charge in [-0.05, 0) is 30.4 Å². The van der Waals surface area contributed by atoms with Crippen LogP contribution in [0.25, 0.3) is 0 Å². The molecule has 120 valence electrons. The highest BCUT2D eigenvalue weighted by Gasteiger charge is 2.54. The van der Waals surface area contributed by atoms with Gasteiger partial charge in [-0.2, -0.15) is 0 Å². The van der Waals surface area contributed by atoms with Crippen LogP contribution in [0, 0.1) is 5.92 Å². The summed E-state index contributed by atoms with van der Waals surface area (Å²) < 4.78 is 0. The number of amides is 1. The van der Waals surface area contributed by atoms with Crippen molar-refractivity contribution in [2.45, 2.75) is 32.1 Å². The second-order valence-electron chi connectivity index (χ2n) is 6.37. The molecule has 0 bridgehead atoms. The Kier molecular flexibility index (Phi) is 4.51. The summed E-state index contributed by atoms with van der Waals surface area (Å²) in [7, 11) is 0. The monoisotopic (exact) mass is 307 g/mol. The van der Waals surface area contributed by atoms with Crippen LogP contribution in [-0.2, 0) is 10.2 Å². The molecule has 0 spiro atoms. The van der Waals surface area contributed by atoms with Crippen molar-refractivity contribution in [3.63, 3.8) is 0 Å². The van der Waals surface area contributed by atoms with Crippen LogP contribution in [0.5, 0.6) is 0 Å². The Hall–Kier alpha value is -2.09. The van der Waals surface area contributed by atoms with Crippen molar-refractivity contribution in [2.24, 2.45) is 5.92 Å². The van der Waals surface area contributed by atoms with Crippen LogP contribution in [-0.4, -0.2) is 23.9 Å². The third kappa shape index (κ3) is 2.46. The van der Waals surface area contributed by atoms with Gasteiger partial charge in [0.1, 0.15) is 5.41 Å². The van der Waals surface area contributed by atoms with Gasteiger partial charge in [-0.1, -0.05) is 74.0 Å². The van der Waals surface area contributed by atoms with E-state index in [1.807, 2.05) is 41.3 Å². The van der Waals surface area contributed by atoms with Gasteiger partial charge in [-0.15, -0.1) is 0 Å². The van der Waals surface area contributed by atoms with Gasteiger partial charge in [-0.25, -0.2) is 0 Å². The van der Waals surface area contributed by atoms with Gasteiger partial charge >= 0.3 is 0 Å². The summed E-state index contributed by atoms with van der Waals surface area (Å²) in [5.74, 6) is 0.584. The van der Waals surface area contributed by atoms with E-state index in [9.17, 15) is 4.79 Å². The first-order valence-electron chi connectivity index (χ1n) is 8.65. The van der Waals surface area contributed by atoms with E-state index >= 15 is 0 Å². The maximum Gasteiger partial charge on any atom is 0.238 e. The average molecular weight is 307 g/mol. The Morgan fingerprint density at radius 3 is 1.91 bits per heavy atom. The molecule has 3 rings (SSSR count). The Morgan fingerprint density at radius 1 is 0.957 bits per heavy atom. The third-order valence-electron chi connectivity index (χ3n) is 5.15. The molecule has 1 amide bonds. The lowest BCUT2D eigenvalue weighted by Gasteiger charge is -2.34. The van der Waals surface area contributed by atoms with Crippen LogP contribution in [0.2, 0.25) is 0 Å². The quantitative estimate of drug-likeness (QED) is 0.808. The first-order chi connectivity index (χ1) is 11.2. The number of nitrogens with zero attached hydrogens (tertiary/aromatic N) is 1. The first-order valence-corrected chi connectivity index (χ1v) is 8.65. The van der Waals surface area contributed by atoms with Gasteiger partial charge in [0.25, 0.3) is 0 Å². The number of hydrogen-bond donors (Lipinski definition) is 0. The molecule has 1 fully saturated rings. The van der Waals surface area contributed by atoms with Gasteiger partial charge in [-0.3, -0.25) is 4.79 Å². The van der Waals surface area contributed by atoms with Crippen molar-refractivity contribution in [2.75, 3.05) is 13.1 Å². The Balaban J connectivity index is 2.24. The Bertz CT molecular complexity index is 611. The molecule has 1 aliphatic rings. The molecule has 1 saturated heterocycles. The summed E-state index contributed by atoms with van der Waals surface area (Å²) in [4.78, 5) is 15.5. The number of carbonyl (C=O) groups excluding carboxylic acids is 1. The number of likely N-dealkylation sites (N-methyl/N-ethyl adjacent to an activating group) is 1. The molecule has 2 nitrogen and oxygen atoms in total. The highest BCUT2D eigenvalue weighted by Crippen LogP contribution is 2.47. The zero-order valence-corrected chi connectivity index (χ0v) is 14.0. The van der Waals surface area contributed by atoms with E-state index in [2.05, 4.69) is 38.1 Å². The van der Waals surface area contributed by atoms with Crippen LogP contribution in [0.3, 0.4) is 0 Å². The highest BCUT2D eigenvalue weighted by atomic mass is 16.2. The summed E-state index contributed by atoms with van der Waals surface area (Å²) in [5, 5.41) is 0. The summed E-state index contributed by atoms with van der Waals surface area (Å²) in [6, 6.07) is 20.7. The van der Waals surface area contributed by atoms with Crippen molar-refractivity contribution in [3.05, 3.63) is 71.8 Å². The fourth-order valence-corrected chi connectivity index (χ4v) is 4.13. The fraction of sp³-hybridized carbons (Fsp3) is 0.381. The molecule has 2 heteroatoms. The first kappa shape index (κ1) is 15.8. The SMILES string of the molecule is CCCC1CN(CC)C(=O)C1(c1ccccc1)c1ccccc1. The minimum atomic E-state index is -0.533. The largest absolute Gasteiger partial charge is 0.342 e. The van der Waals surface area contributed by atoms with Gasteiger partial charge in [0.05, 0.1) is 0 Å². The molecule has 0 radical (unpaired) electrons. The van der Waals surface area contributed by atoms with Gasteiger partial charge in [0.2, 0.25) is 5.91 Å². The molecular formula is C21H25NO. The standard InChI is InChI=1S/C21H25NO/c1-3-11-19-16-22(4-2)20(23)21(19,17-12-7-5-8-13-17)18-14-9-6-10-15-18/h5-10,12-15,19H,3-4,11,16H2,1-2H3. The van der Waals surface area contributed by atoms with E-state index in [0.717, 1.165) is 37.1 Å². The molecule has 0 aromatic heterocycles. The maximum absolute atomic E-state index is 13.5. The van der Waals surface area contributed by atoms with Crippen LogP contribution in [0.15, 0.2) is 60.7 Å². The van der Waals surface area contributed by atoms with E-state index < -0.39 is 5.41 Å². The molecule has 0 saturated carbocycles. The lowest BCUT2D eigenvalue weighted by atomic mass is 9.66. The number of rotatable bonds is 5. The molecule has 1 heterocycles. The number of hydrogen-bond acceptors (Lipinski definition) is 1. The molecule has 2 aromatic carbocycles. The van der Waals surface area contributed by atoms with Crippen molar-refractivity contribution in [3.8, 4) is 0 Å². The molecule has 0 N–H and O–H groups in total. The number of carbonyl (C=O) groups is 1. The lowest BCUT2D eigenvalue weighted by molar-refractivity contribution is -0.131. The van der Waals surface area contributed by atoms with Gasteiger partial charge in [0, 0.05) is 13.1 Å². The van der Waals surface area contributed by atoms with Crippen molar-refractivity contribution in [1.82, 2.24) is 4.90 Å². The second kappa shape index (κ2) is 6.57. The normalized spacial score (nSPS) is 20.0. The summed E-state index contributed by atoms with van der Waals surface area (Å²) >= 11 is 0. The van der Waals surface area contributed by atoms with Crippen LogP contribution in [0.1, 0.15) is 37.8 Å². The van der Waals surface area contributed by atoms with E-state index in [1.165, 1.54) is 0 Å². The molecule has 23 heavy (non-hydrogen) atoms. The van der Waals surface area contributed by atoms with E-state index in [-0.39, 0.29) is 5.91 Å². The van der Waals surface area contributed by atoms with Crippen LogP contribution >= 0.6 is 0 Å². The predicted molar refractivity (Wildman–Crippen MR) is 94.3 cm³/mol. The van der Waals surface area contributed by atoms with Crippen molar-refractivity contribution < 1.29 is 4.79 Å². The summed E-state index contributed by atoms with van der Waals surface area (Å²) in [6.07, 6.45) is 2.16. The third-order valence-corrected chi connectivity index (χ3v) is 5.15. The number of benzene rings is 2. The minimum Gasteiger partial charge on any atom is -0.342 e. The predicted octanol–water partition coefficient (Wildman–Crippen LogP) is 4.25. The molecule has 2 aromatic rings. The number of likely N-dealkylation sites (tertiary alicyclic amines) is 1. The zero-order chi connectivity index (χ0) is 16.3. The Labute approximate surface area is 139 Å². The zero-order valence-electron chi connectivity index (χ0n) is 14.0. The van der Waals surface area contributed by atoms with Crippen LogP contribution in [0.4, 0.5) is 0 Å². The summed E-state index contributed by atoms with van der Waals surface area (Å²) in [6.45, 7) is 5.92. The summed E-state index contributed by atoms with van der Waals surface area (Å²) in [5.41, 5.74) is 1.73. The minimum absolute atomic E-state index is 0.260. The van der Waals surface area contributed by atoms with Gasteiger partial charge < -0.3 is 4.90 Å². The van der Waals surface area contributed by atoms with Crippen molar-refractivity contribution >= 4 is 5.91 Å². The van der Waals surface area contributed by atoms with E-state index in [4.69, 9.17) is 0 Å². The average Bonchev–Trinajstić information content (AvgIpc) is 2.89. The smallest absolute Gasteiger partial charge is 0.238 e. The maximum atomic E-state index is 13.5. The molecule has 1 unspecified atom stereocenters. The molecular weight excluding hydrogens is 282 g/mol. The lowest BCUT2D eigenvalue weighted by Crippen LogP contribution is -2.42. The van der Waals surface area contributed by atoms with Crippen LogP contribution < -0.4 is 0 Å². The molecule has 1 aliphatic heterocycles. The highest BCUT2D eigenvalue weighted by molar-refractivity contribution is 5.94.